The van der Waals surface area contributed by atoms with E-state index in [4.69, 9.17) is 34.8 Å². The maximum atomic E-state index is 6.18. The zero-order valence-corrected chi connectivity index (χ0v) is 12.0. The number of nitrogens with zero attached hydrogens (tertiary/aromatic N) is 2. The van der Waals surface area contributed by atoms with Gasteiger partial charge in [-0.05, 0) is 31.2 Å². The van der Waals surface area contributed by atoms with Gasteiger partial charge < -0.3 is 4.90 Å². The Morgan fingerprint density at radius 1 is 1.18 bits per heavy atom. The largest absolute Gasteiger partial charge is 0.355 e. The van der Waals surface area contributed by atoms with Crippen LogP contribution in [0.4, 0.5) is 5.82 Å². The molecule has 5 heteroatoms. The van der Waals surface area contributed by atoms with Crippen LogP contribution in [0.5, 0.6) is 0 Å². The number of halogens is 3. The molecule has 0 radical (unpaired) electrons. The zero-order valence-electron chi connectivity index (χ0n) is 9.72. The molecule has 1 aliphatic rings. The Labute approximate surface area is 117 Å². The van der Waals surface area contributed by atoms with E-state index in [2.05, 4.69) is 16.8 Å². The minimum Gasteiger partial charge on any atom is -0.355 e. The van der Waals surface area contributed by atoms with E-state index in [1.165, 1.54) is 12.8 Å². The molecule has 2 rings (SSSR count). The smallest absolute Gasteiger partial charge is 0.150 e. The van der Waals surface area contributed by atoms with Gasteiger partial charge in [0.15, 0.2) is 0 Å². The van der Waals surface area contributed by atoms with Crippen molar-refractivity contribution in [1.29, 1.82) is 0 Å². The Hall–Kier alpha value is -0.180. The number of pyridine rings is 1. The second-order valence-electron chi connectivity index (χ2n) is 4.59. The van der Waals surface area contributed by atoms with Crippen LogP contribution in [0.1, 0.15) is 26.2 Å². The van der Waals surface area contributed by atoms with Gasteiger partial charge in [-0.3, -0.25) is 0 Å². The monoisotopic (exact) mass is 292 g/mol. The molecule has 0 spiro atoms. The predicted octanol–water partition coefficient (Wildman–Crippen LogP) is 4.67. The van der Waals surface area contributed by atoms with E-state index in [0.717, 1.165) is 31.2 Å². The summed E-state index contributed by atoms with van der Waals surface area (Å²) in [7, 11) is 0. The molecule has 1 unspecified atom stereocenters. The van der Waals surface area contributed by atoms with Crippen LogP contribution in [-0.2, 0) is 0 Å². The standard InChI is InChI=1S/C12H15Cl3N2/c1-8-3-2-5-17(6-4-8)12-10(14)7-9(13)11(15)16-12/h7-8H,2-6H2,1H3. The van der Waals surface area contributed by atoms with E-state index in [-0.39, 0.29) is 0 Å². The van der Waals surface area contributed by atoms with Crippen molar-refractivity contribution < 1.29 is 0 Å². The summed E-state index contributed by atoms with van der Waals surface area (Å²) < 4.78 is 0. The Kier molecular flexibility index (Phi) is 4.40. The third-order valence-corrected chi connectivity index (χ3v) is 4.14. The zero-order chi connectivity index (χ0) is 12.4. The predicted molar refractivity (Wildman–Crippen MR) is 74.5 cm³/mol. The maximum Gasteiger partial charge on any atom is 0.150 e. The number of rotatable bonds is 1. The van der Waals surface area contributed by atoms with Crippen LogP contribution in [-0.4, -0.2) is 18.1 Å². The Morgan fingerprint density at radius 3 is 2.71 bits per heavy atom. The summed E-state index contributed by atoms with van der Waals surface area (Å²) in [5.41, 5.74) is 0. The first-order valence-corrected chi connectivity index (χ1v) is 6.98. The van der Waals surface area contributed by atoms with Gasteiger partial charge in [-0.2, -0.15) is 0 Å². The highest BCUT2D eigenvalue weighted by molar-refractivity contribution is 6.42. The van der Waals surface area contributed by atoms with Gasteiger partial charge in [0.1, 0.15) is 11.0 Å². The third-order valence-electron chi connectivity index (χ3n) is 3.18. The molecule has 0 amide bonds. The summed E-state index contributed by atoms with van der Waals surface area (Å²) in [6.45, 7) is 4.24. The first-order chi connectivity index (χ1) is 8.08. The van der Waals surface area contributed by atoms with Gasteiger partial charge >= 0.3 is 0 Å². The molecule has 0 bridgehead atoms. The van der Waals surface area contributed by atoms with Crippen molar-refractivity contribution in [2.75, 3.05) is 18.0 Å². The van der Waals surface area contributed by atoms with Crippen LogP contribution in [0.2, 0.25) is 15.2 Å². The molecule has 1 aromatic rings. The quantitative estimate of drug-likeness (QED) is 0.700. The van der Waals surface area contributed by atoms with Crippen LogP contribution < -0.4 is 4.90 Å². The van der Waals surface area contributed by atoms with Crippen molar-refractivity contribution in [3.63, 3.8) is 0 Å². The van der Waals surface area contributed by atoms with Crippen LogP contribution in [0.25, 0.3) is 0 Å². The van der Waals surface area contributed by atoms with E-state index in [0.29, 0.717) is 15.2 Å². The van der Waals surface area contributed by atoms with Crippen molar-refractivity contribution in [1.82, 2.24) is 4.98 Å². The fourth-order valence-electron chi connectivity index (χ4n) is 2.13. The van der Waals surface area contributed by atoms with Gasteiger partial charge in [0.25, 0.3) is 0 Å². The van der Waals surface area contributed by atoms with Crippen molar-refractivity contribution in [2.45, 2.75) is 26.2 Å². The van der Waals surface area contributed by atoms with Gasteiger partial charge in [-0.1, -0.05) is 41.7 Å². The molecule has 0 N–H and O–H groups in total. The Morgan fingerprint density at radius 2 is 1.94 bits per heavy atom. The van der Waals surface area contributed by atoms with Gasteiger partial charge in [0.2, 0.25) is 0 Å². The highest BCUT2D eigenvalue weighted by atomic mass is 35.5. The second kappa shape index (κ2) is 5.64. The van der Waals surface area contributed by atoms with Crippen molar-refractivity contribution >= 4 is 40.6 Å². The lowest BCUT2D eigenvalue weighted by Crippen LogP contribution is -2.25. The molecule has 0 saturated carbocycles. The molecular formula is C12H15Cl3N2. The van der Waals surface area contributed by atoms with Gasteiger partial charge in [0, 0.05) is 13.1 Å². The van der Waals surface area contributed by atoms with Crippen molar-refractivity contribution in [3.05, 3.63) is 21.3 Å². The molecule has 1 fully saturated rings. The molecule has 2 heterocycles. The summed E-state index contributed by atoms with van der Waals surface area (Å²) in [6.07, 6.45) is 3.59. The third kappa shape index (κ3) is 3.18. The average molecular weight is 294 g/mol. The Balaban J connectivity index is 2.24. The first kappa shape index (κ1) is 13.3. The van der Waals surface area contributed by atoms with Crippen molar-refractivity contribution in [3.8, 4) is 0 Å². The molecule has 17 heavy (non-hydrogen) atoms. The van der Waals surface area contributed by atoms with Crippen LogP contribution >= 0.6 is 34.8 Å². The number of hydrogen-bond donors (Lipinski definition) is 0. The van der Waals surface area contributed by atoms with Gasteiger partial charge in [-0.15, -0.1) is 0 Å². The Bertz CT molecular complexity index is 409. The minimum atomic E-state index is 0.323. The fourth-order valence-corrected chi connectivity index (χ4v) is 2.74. The lowest BCUT2D eigenvalue weighted by molar-refractivity contribution is 0.521. The topological polar surface area (TPSA) is 16.1 Å². The molecular weight excluding hydrogens is 279 g/mol. The highest BCUT2D eigenvalue weighted by Crippen LogP contribution is 2.32. The normalized spacial score (nSPS) is 21.4. The summed E-state index contributed by atoms with van der Waals surface area (Å²) in [4.78, 5) is 6.49. The summed E-state index contributed by atoms with van der Waals surface area (Å²) in [5.74, 6) is 1.52. The number of hydrogen-bond acceptors (Lipinski definition) is 2. The van der Waals surface area contributed by atoms with E-state index >= 15 is 0 Å². The maximum absolute atomic E-state index is 6.18. The second-order valence-corrected chi connectivity index (χ2v) is 5.76. The van der Waals surface area contributed by atoms with Gasteiger partial charge in [-0.25, -0.2) is 4.98 Å². The van der Waals surface area contributed by atoms with Crippen LogP contribution in [0.3, 0.4) is 0 Å². The highest BCUT2D eigenvalue weighted by Gasteiger charge is 2.18. The molecule has 1 atom stereocenters. The minimum absolute atomic E-state index is 0.323. The lowest BCUT2D eigenvalue weighted by Gasteiger charge is -2.22. The number of anilines is 1. The molecule has 1 saturated heterocycles. The van der Waals surface area contributed by atoms with E-state index in [1.807, 2.05) is 0 Å². The van der Waals surface area contributed by atoms with Gasteiger partial charge in [0.05, 0.1) is 10.0 Å². The average Bonchev–Trinajstić information content (AvgIpc) is 2.49. The summed E-state index contributed by atoms with van der Waals surface area (Å²) >= 11 is 18.0. The first-order valence-electron chi connectivity index (χ1n) is 5.84. The molecule has 94 valence electrons. The molecule has 0 aliphatic carbocycles. The molecule has 0 aromatic carbocycles. The van der Waals surface area contributed by atoms with E-state index < -0.39 is 0 Å². The van der Waals surface area contributed by atoms with E-state index in [9.17, 15) is 0 Å². The SMILES string of the molecule is CC1CCCN(c2nc(Cl)c(Cl)cc2Cl)CC1. The summed E-state index contributed by atoms with van der Waals surface area (Å²) in [6, 6.07) is 1.67. The van der Waals surface area contributed by atoms with Crippen LogP contribution in [0, 0.1) is 5.92 Å². The molecule has 1 aromatic heterocycles. The molecule has 2 nitrogen and oxygen atoms in total. The fraction of sp³-hybridized carbons (Fsp3) is 0.583. The van der Waals surface area contributed by atoms with E-state index in [1.54, 1.807) is 6.07 Å². The number of aromatic nitrogens is 1. The molecule has 1 aliphatic heterocycles. The lowest BCUT2D eigenvalue weighted by atomic mass is 10.0. The summed E-state index contributed by atoms with van der Waals surface area (Å²) in [5, 5.41) is 1.31. The van der Waals surface area contributed by atoms with Crippen molar-refractivity contribution in [2.24, 2.45) is 5.92 Å². The van der Waals surface area contributed by atoms with Crippen LogP contribution in [0.15, 0.2) is 6.07 Å².